The molecule has 0 saturated heterocycles. The molecule has 0 saturated carbocycles. The average molecular weight is 462 g/mol. The number of anilines is 1. The van der Waals surface area contributed by atoms with Gasteiger partial charge < -0.3 is 16.2 Å². The van der Waals surface area contributed by atoms with Gasteiger partial charge >= 0.3 is 5.97 Å². The third kappa shape index (κ3) is 10.6. The molecule has 0 unspecified atom stereocenters. The SMILES string of the molecule is C/C=C(\C=C(/C)c1ccc(CCC(=O)O)cc1)CNc1cc(C)ccn1.C=C(C)C(=C)C(N)=O. The van der Waals surface area contributed by atoms with Crippen LogP contribution in [0.25, 0.3) is 5.57 Å². The van der Waals surface area contributed by atoms with Crippen molar-refractivity contribution in [3.63, 3.8) is 0 Å². The van der Waals surface area contributed by atoms with Gasteiger partial charge in [0.25, 0.3) is 0 Å². The lowest BCUT2D eigenvalue weighted by Crippen LogP contribution is -2.13. The highest BCUT2D eigenvalue weighted by atomic mass is 16.4. The molecule has 34 heavy (non-hydrogen) atoms. The van der Waals surface area contributed by atoms with Crippen LogP contribution in [0.4, 0.5) is 5.82 Å². The van der Waals surface area contributed by atoms with E-state index in [-0.39, 0.29) is 6.42 Å². The highest BCUT2D eigenvalue weighted by Gasteiger charge is 2.02. The first-order chi connectivity index (χ1) is 16.0. The highest BCUT2D eigenvalue weighted by molar-refractivity contribution is 5.95. The number of pyridine rings is 1. The molecule has 6 nitrogen and oxygen atoms in total. The van der Waals surface area contributed by atoms with Crippen LogP contribution >= 0.6 is 0 Å². The van der Waals surface area contributed by atoms with Crippen molar-refractivity contribution in [2.24, 2.45) is 5.73 Å². The number of rotatable bonds is 10. The Morgan fingerprint density at radius 1 is 1.15 bits per heavy atom. The lowest BCUT2D eigenvalue weighted by Gasteiger charge is -2.09. The first kappa shape index (κ1) is 28.1. The third-order valence-electron chi connectivity index (χ3n) is 5.01. The van der Waals surface area contributed by atoms with E-state index in [9.17, 15) is 9.59 Å². The van der Waals surface area contributed by atoms with Gasteiger partial charge in [-0.05, 0) is 79.7 Å². The molecule has 0 atom stereocenters. The molecule has 0 aliphatic heterocycles. The first-order valence-corrected chi connectivity index (χ1v) is 11.0. The van der Waals surface area contributed by atoms with E-state index >= 15 is 0 Å². The second-order valence-corrected chi connectivity index (χ2v) is 7.98. The number of carboxylic acids is 1. The van der Waals surface area contributed by atoms with Crippen LogP contribution in [0.2, 0.25) is 0 Å². The molecule has 1 amide bonds. The number of allylic oxidation sites excluding steroid dienone is 2. The van der Waals surface area contributed by atoms with Crippen molar-refractivity contribution in [2.75, 3.05) is 11.9 Å². The summed E-state index contributed by atoms with van der Waals surface area (Å²) in [5, 5.41) is 12.1. The number of carbonyl (C=O) groups excluding carboxylic acids is 1. The van der Waals surface area contributed by atoms with Gasteiger partial charge in [-0.25, -0.2) is 4.98 Å². The van der Waals surface area contributed by atoms with E-state index in [2.05, 4.69) is 42.5 Å². The van der Waals surface area contributed by atoms with Gasteiger partial charge in [0.05, 0.1) is 0 Å². The lowest BCUT2D eigenvalue weighted by molar-refractivity contribution is -0.137. The molecule has 0 aliphatic carbocycles. The van der Waals surface area contributed by atoms with Crippen molar-refractivity contribution in [1.29, 1.82) is 0 Å². The maximum Gasteiger partial charge on any atom is 0.303 e. The maximum atomic E-state index is 10.7. The number of aliphatic carboxylic acids is 1. The molecule has 0 spiro atoms. The number of aryl methyl sites for hydroxylation is 2. The number of carbonyl (C=O) groups is 2. The van der Waals surface area contributed by atoms with Crippen molar-refractivity contribution in [3.8, 4) is 0 Å². The lowest BCUT2D eigenvalue weighted by atomic mass is 10.0. The smallest absolute Gasteiger partial charge is 0.303 e. The van der Waals surface area contributed by atoms with Gasteiger partial charge in [0, 0.05) is 24.7 Å². The topological polar surface area (TPSA) is 105 Å². The summed E-state index contributed by atoms with van der Waals surface area (Å²) >= 11 is 0. The molecule has 1 aromatic carbocycles. The van der Waals surface area contributed by atoms with E-state index in [1.807, 2.05) is 50.2 Å². The summed E-state index contributed by atoms with van der Waals surface area (Å²) in [7, 11) is 0. The van der Waals surface area contributed by atoms with E-state index in [4.69, 9.17) is 10.8 Å². The van der Waals surface area contributed by atoms with Crippen molar-refractivity contribution in [3.05, 3.63) is 101 Å². The van der Waals surface area contributed by atoms with Crippen LogP contribution in [0, 0.1) is 6.92 Å². The van der Waals surface area contributed by atoms with E-state index in [1.54, 1.807) is 13.1 Å². The van der Waals surface area contributed by atoms with Crippen LogP contribution in [-0.4, -0.2) is 28.5 Å². The summed E-state index contributed by atoms with van der Waals surface area (Å²) in [5.74, 6) is -0.394. The zero-order valence-corrected chi connectivity index (χ0v) is 20.5. The molecule has 4 N–H and O–H groups in total. The predicted molar refractivity (Wildman–Crippen MR) is 140 cm³/mol. The van der Waals surface area contributed by atoms with E-state index in [0.29, 0.717) is 24.1 Å². The predicted octanol–water partition coefficient (Wildman–Crippen LogP) is 5.47. The van der Waals surface area contributed by atoms with Crippen molar-refractivity contribution in [2.45, 2.75) is 40.5 Å². The van der Waals surface area contributed by atoms with Crippen LogP contribution < -0.4 is 11.1 Å². The maximum absolute atomic E-state index is 10.7. The Balaban J connectivity index is 0.000000620. The van der Waals surface area contributed by atoms with Gasteiger partial charge in [0.1, 0.15) is 5.82 Å². The molecule has 0 fully saturated rings. The normalized spacial score (nSPS) is 11.2. The fourth-order valence-electron chi connectivity index (χ4n) is 2.82. The Labute approximate surface area is 202 Å². The van der Waals surface area contributed by atoms with Gasteiger partial charge in [-0.3, -0.25) is 9.59 Å². The fraction of sp³-hybridized carbons (Fsp3) is 0.250. The minimum atomic E-state index is -0.765. The summed E-state index contributed by atoms with van der Waals surface area (Å²) in [6, 6.07) is 12.1. The van der Waals surface area contributed by atoms with Gasteiger partial charge in [-0.1, -0.05) is 49.6 Å². The van der Waals surface area contributed by atoms with Gasteiger partial charge in [0.15, 0.2) is 0 Å². The van der Waals surface area contributed by atoms with Gasteiger partial charge in [-0.2, -0.15) is 0 Å². The highest BCUT2D eigenvalue weighted by Crippen LogP contribution is 2.18. The standard InChI is InChI=1S/C22H26N2O2.C6H9NO/c1-4-18(15-24-21-13-16(2)11-12-23-21)14-17(3)20-8-5-19(6-9-20)7-10-22(25)26;1-4(2)5(3)6(7)8/h4-6,8-9,11-14H,7,10,15H2,1-3H3,(H,23,24)(H,25,26);1,3H2,2H3,(H2,7,8)/b17-14+,18-4+;. The van der Waals surface area contributed by atoms with Crippen molar-refractivity contribution >= 4 is 23.3 Å². The first-order valence-electron chi connectivity index (χ1n) is 11.0. The number of hydrogen-bond donors (Lipinski definition) is 3. The molecule has 2 aromatic rings. The van der Waals surface area contributed by atoms with Crippen LogP contribution in [0.15, 0.2) is 84.6 Å². The minimum absolute atomic E-state index is 0.162. The van der Waals surface area contributed by atoms with Crippen molar-refractivity contribution in [1.82, 2.24) is 4.98 Å². The molecule has 1 aromatic heterocycles. The molecule has 2 rings (SSSR count). The van der Waals surface area contributed by atoms with Crippen LogP contribution in [0.5, 0.6) is 0 Å². The number of nitrogens with two attached hydrogens (primary N) is 1. The number of carboxylic acid groups (broad SMARTS) is 1. The summed E-state index contributed by atoms with van der Waals surface area (Å²) in [5.41, 5.74) is 11.5. The third-order valence-corrected chi connectivity index (χ3v) is 5.01. The minimum Gasteiger partial charge on any atom is -0.481 e. The largest absolute Gasteiger partial charge is 0.481 e. The number of primary amides is 1. The Morgan fingerprint density at radius 2 is 1.79 bits per heavy atom. The Morgan fingerprint density at radius 3 is 2.26 bits per heavy atom. The molecule has 0 bridgehead atoms. The second-order valence-electron chi connectivity index (χ2n) is 7.98. The average Bonchev–Trinajstić information content (AvgIpc) is 2.80. The summed E-state index contributed by atoms with van der Waals surface area (Å²) in [4.78, 5) is 25.2. The number of nitrogens with one attached hydrogen (secondary N) is 1. The molecular weight excluding hydrogens is 426 g/mol. The molecule has 0 radical (unpaired) electrons. The van der Waals surface area contributed by atoms with Crippen molar-refractivity contribution < 1.29 is 14.7 Å². The summed E-state index contributed by atoms with van der Waals surface area (Å²) in [6.45, 7) is 15.4. The van der Waals surface area contributed by atoms with Gasteiger partial charge in [0.2, 0.25) is 5.91 Å². The zero-order valence-electron chi connectivity index (χ0n) is 20.5. The zero-order chi connectivity index (χ0) is 25.7. The Hall–Kier alpha value is -3.93. The van der Waals surface area contributed by atoms with Crippen LogP contribution in [0.1, 0.15) is 43.9 Å². The number of nitrogens with zero attached hydrogens (tertiary/aromatic N) is 1. The quantitative estimate of drug-likeness (QED) is 0.321. The van der Waals surface area contributed by atoms with E-state index in [0.717, 1.165) is 16.9 Å². The van der Waals surface area contributed by atoms with Gasteiger partial charge in [-0.15, -0.1) is 0 Å². The molecule has 1 heterocycles. The fourth-order valence-corrected chi connectivity index (χ4v) is 2.82. The summed E-state index contributed by atoms with van der Waals surface area (Å²) < 4.78 is 0. The monoisotopic (exact) mass is 461 g/mol. The van der Waals surface area contributed by atoms with E-state index < -0.39 is 11.9 Å². The van der Waals surface area contributed by atoms with Crippen LogP contribution in [-0.2, 0) is 16.0 Å². The number of benzene rings is 1. The number of amides is 1. The molecule has 6 heteroatoms. The number of hydrogen-bond acceptors (Lipinski definition) is 4. The Kier molecular flexibility index (Phi) is 11.8. The second kappa shape index (κ2) is 14.3. The molecule has 180 valence electrons. The van der Waals surface area contributed by atoms with E-state index in [1.165, 1.54) is 16.7 Å². The van der Waals surface area contributed by atoms with Crippen LogP contribution in [0.3, 0.4) is 0 Å². The number of aromatic nitrogens is 1. The summed E-state index contributed by atoms with van der Waals surface area (Å²) in [6.07, 6.45) is 6.78. The molecular formula is C28H35N3O3. The molecule has 0 aliphatic rings. The Bertz CT molecular complexity index is 1060.